The van der Waals surface area contributed by atoms with Gasteiger partial charge in [0, 0.05) is 3.57 Å². The van der Waals surface area contributed by atoms with Gasteiger partial charge in [0.25, 0.3) is 0 Å². The van der Waals surface area contributed by atoms with E-state index in [4.69, 9.17) is 5.73 Å². The summed E-state index contributed by atoms with van der Waals surface area (Å²) < 4.78 is 1.95. The molecule has 6 heteroatoms. The van der Waals surface area contributed by atoms with Crippen LogP contribution < -0.4 is 5.73 Å². The van der Waals surface area contributed by atoms with Gasteiger partial charge in [0.05, 0.1) is 15.8 Å². The summed E-state index contributed by atoms with van der Waals surface area (Å²) in [6.07, 6.45) is 0. The Morgan fingerprint density at radius 2 is 2.05 bits per heavy atom. The van der Waals surface area contributed by atoms with Crippen molar-refractivity contribution in [3.8, 4) is 5.69 Å². The van der Waals surface area contributed by atoms with Crippen LogP contribution in [-0.2, 0) is 0 Å². The van der Waals surface area contributed by atoms with Crippen molar-refractivity contribution in [2.45, 2.75) is 6.92 Å². The van der Waals surface area contributed by atoms with Gasteiger partial charge < -0.3 is 5.73 Å². The predicted molar refractivity (Wildman–Crippen MR) is 88.4 cm³/mol. The first-order valence-electron chi connectivity index (χ1n) is 5.64. The Labute approximate surface area is 132 Å². The van der Waals surface area contributed by atoms with Gasteiger partial charge in [-0.15, -0.1) is 10.2 Å². The first kappa shape index (κ1) is 12.9. The van der Waals surface area contributed by atoms with E-state index >= 15 is 0 Å². The van der Waals surface area contributed by atoms with Crippen LogP contribution in [0, 0.1) is 10.5 Å². The SMILES string of the molecule is Cc1cc2nn(-c3cccc(I)c3)nc2c(Br)c1N. The standard InChI is InChI=1S/C13H10BrIN4/c1-7-5-10-13(11(14)12(7)16)18-19(17-10)9-4-2-3-8(15)6-9/h2-6H,16H2,1H3. The molecule has 0 aliphatic heterocycles. The van der Waals surface area contributed by atoms with Gasteiger partial charge in [0.15, 0.2) is 0 Å². The summed E-state index contributed by atoms with van der Waals surface area (Å²) in [7, 11) is 0. The number of benzene rings is 2. The van der Waals surface area contributed by atoms with Gasteiger partial charge in [0.2, 0.25) is 0 Å². The summed E-state index contributed by atoms with van der Waals surface area (Å²) >= 11 is 5.76. The Hall–Kier alpha value is -1.15. The Balaban J connectivity index is 2.25. The van der Waals surface area contributed by atoms with Crippen LogP contribution in [0.1, 0.15) is 5.56 Å². The van der Waals surface area contributed by atoms with E-state index in [-0.39, 0.29) is 0 Å². The molecule has 96 valence electrons. The summed E-state index contributed by atoms with van der Waals surface area (Å²) in [6.45, 7) is 1.96. The van der Waals surface area contributed by atoms with Crippen molar-refractivity contribution in [2.75, 3.05) is 5.73 Å². The highest BCUT2D eigenvalue weighted by atomic mass is 127. The van der Waals surface area contributed by atoms with Crippen LogP contribution >= 0.6 is 38.5 Å². The van der Waals surface area contributed by atoms with Gasteiger partial charge in [0.1, 0.15) is 11.0 Å². The van der Waals surface area contributed by atoms with Crippen LogP contribution in [0.4, 0.5) is 5.69 Å². The van der Waals surface area contributed by atoms with Gasteiger partial charge in [-0.3, -0.25) is 0 Å². The lowest BCUT2D eigenvalue weighted by molar-refractivity contribution is 0.765. The molecule has 0 spiro atoms. The largest absolute Gasteiger partial charge is 0.398 e. The molecule has 0 saturated heterocycles. The number of hydrogen-bond donors (Lipinski definition) is 1. The molecule has 0 amide bonds. The van der Waals surface area contributed by atoms with E-state index in [0.29, 0.717) is 5.69 Å². The Kier molecular flexibility index (Phi) is 3.22. The number of rotatable bonds is 1. The van der Waals surface area contributed by atoms with Gasteiger partial charge in [-0.1, -0.05) is 6.07 Å². The van der Waals surface area contributed by atoms with E-state index in [2.05, 4.69) is 48.7 Å². The summed E-state index contributed by atoms with van der Waals surface area (Å²) in [5.74, 6) is 0. The molecule has 19 heavy (non-hydrogen) atoms. The Bertz CT molecular complexity index is 782. The van der Waals surface area contributed by atoms with Crippen molar-refractivity contribution >= 4 is 55.2 Å². The molecule has 1 aromatic heterocycles. The summed E-state index contributed by atoms with van der Waals surface area (Å²) in [5, 5.41) is 9.00. The number of nitrogens with zero attached hydrogens (tertiary/aromatic N) is 3. The minimum absolute atomic E-state index is 0.710. The average Bonchev–Trinajstić information content (AvgIpc) is 2.80. The molecule has 0 unspecified atom stereocenters. The van der Waals surface area contributed by atoms with Gasteiger partial charge in [-0.2, -0.15) is 4.80 Å². The summed E-state index contributed by atoms with van der Waals surface area (Å²) in [5.41, 5.74) is 10.2. The quantitative estimate of drug-likeness (QED) is 0.475. The average molecular weight is 429 g/mol. The molecule has 0 bridgehead atoms. The first-order valence-corrected chi connectivity index (χ1v) is 7.51. The van der Waals surface area contributed by atoms with E-state index < -0.39 is 0 Å². The predicted octanol–water partition coefficient (Wildman–Crippen LogP) is 3.68. The Morgan fingerprint density at radius 1 is 1.26 bits per heavy atom. The van der Waals surface area contributed by atoms with Crippen molar-refractivity contribution in [1.82, 2.24) is 15.0 Å². The zero-order chi connectivity index (χ0) is 13.6. The van der Waals surface area contributed by atoms with Crippen LogP contribution in [-0.4, -0.2) is 15.0 Å². The molecule has 0 fully saturated rings. The number of halogens is 2. The minimum Gasteiger partial charge on any atom is -0.398 e. The number of aromatic nitrogens is 3. The highest BCUT2D eigenvalue weighted by molar-refractivity contribution is 14.1. The molecule has 4 nitrogen and oxygen atoms in total. The molecule has 3 aromatic rings. The van der Waals surface area contributed by atoms with E-state index in [0.717, 1.165) is 30.3 Å². The van der Waals surface area contributed by atoms with Gasteiger partial charge in [-0.05, 0) is 75.3 Å². The number of nitrogens with two attached hydrogens (primary N) is 1. The maximum absolute atomic E-state index is 5.99. The monoisotopic (exact) mass is 428 g/mol. The second-order valence-corrected chi connectivity index (χ2v) is 6.30. The van der Waals surface area contributed by atoms with Crippen LogP contribution in [0.2, 0.25) is 0 Å². The van der Waals surface area contributed by atoms with Gasteiger partial charge in [-0.25, -0.2) is 0 Å². The molecule has 0 aliphatic carbocycles. The third kappa shape index (κ3) is 2.23. The molecule has 2 N–H and O–H groups in total. The first-order chi connectivity index (χ1) is 9.06. The lowest BCUT2D eigenvalue weighted by atomic mass is 10.2. The summed E-state index contributed by atoms with van der Waals surface area (Å²) in [4.78, 5) is 1.64. The molecule has 3 rings (SSSR count). The molecule has 2 aromatic carbocycles. The van der Waals surface area contributed by atoms with E-state index in [1.807, 2.05) is 37.3 Å². The summed E-state index contributed by atoms with van der Waals surface area (Å²) in [6, 6.07) is 9.98. The zero-order valence-corrected chi connectivity index (χ0v) is 13.8. The molecular formula is C13H10BrIN4. The fourth-order valence-corrected chi connectivity index (χ4v) is 2.99. The zero-order valence-electron chi connectivity index (χ0n) is 10.1. The third-order valence-electron chi connectivity index (χ3n) is 2.90. The molecule has 0 atom stereocenters. The third-order valence-corrected chi connectivity index (χ3v) is 4.38. The van der Waals surface area contributed by atoms with Crippen LogP contribution in [0.15, 0.2) is 34.8 Å². The van der Waals surface area contributed by atoms with Crippen molar-refractivity contribution < 1.29 is 0 Å². The van der Waals surface area contributed by atoms with E-state index in [1.54, 1.807) is 4.80 Å². The topological polar surface area (TPSA) is 56.7 Å². The molecule has 0 radical (unpaired) electrons. The number of anilines is 1. The smallest absolute Gasteiger partial charge is 0.129 e. The number of aryl methyl sites for hydroxylation is 1. The fraction of sp³-hybridized carbons (Fsp3) is 0.0769. The minimum atomic E-state index is 0.710. The van der Waals surface area contributed by atoms with Crippen LogP contribution in [0.3, 0.4) is 0 Å². The highest BCUT2D eigenvalue weighted by Gasteiger charge is 2.12. The second-order valence-electron chi connectivity index (χ2n) is 4.26. The Morgan fingerprint density at radius 3 is 2.79 bits per heavy atom. The molecule has 0 aliphatic rings. The molecular weight excluding hydrogens is 419 g/mol. The maximum atomic E-state index is 5.99. The lowest BCUT2D eigenvalue weighted by Gasteiger charge is -2.01. The number of fused-ring (bicyclic) bond motifs is 1. The highest BCUT2D eigenvalue weighted by Crippen LogP contribution is 2.30. The van der Waals surface area contributed by atoms with Crippen LogP contribution in [0.5, 0.6) is 0 Å². The van der Waals surface area contributed by atoms with E-state index in [9.17, 15) is 0 Å². The second kappa shape index (κ2) is 4.75. The van der Waals surface area contributed by atoms with Crippen molar-refractivity contribution in [3.63, 3.8) is 0 Å². The van der Waals surface area contributed by atoms with Crippen molar-refractivity contribution in [2.24, 2.45) is 0 Å². The number of hydrogen-bond acceptors (Lipinski definition) is 3. The lowest BCUT2D eigenvalue weighted by Crippen LogP contribution is -1.98. The van der Waals surface area contributed by atoms with Crippen molar-refractivity contribution in [1.29, 1.82) is 0 Å². The normalized spacial score (nSPS) is 11.1. The van der Waals surface area contributed by atoms with Gasteiger partial charge >= 0.3 is 0 Å². The molecule has 0 saturated carbocycles. The molecule has 1 heterocycles. The van der Waals surface area contributed by atoms with Crippen LogP contribution in [0.25, 0.3) is 16.7 Å². The number of nitrogen functional groups attached to an aromatic ring is 1. The van der Waals surface area contributed by atoms with Crippen molar-refractivity contribution in [3.05, 3.63) is 43.9 Å². The fourth-order valence-electron chi connectivity index (χ4n) is 1.87. The maximum Gasteiger partial charge on any atom is 0.129 e. The van der Waals surface area contributed by atoms with E-state index in [1.165, 1.54) is 0 Å².